The molecule has 5 fully saturated rings. The topological polar surface area (TPSA) is 58.4 Å². The van der Waals surface area contributed by atoms with Crippen LogP contribution in [0.5, 0.6) is 0 Å². The highest BCUT2D eigenvalue weighted by atomic mass is 16.1. The van der Waals surface area contributed by atoms with Crippen LogP contribution in [-0.2, 0) is 4.79 Å². The Labute approximate surface area is 115 Å². The van der Waals surface area contributed by atoms with Crippen LogP contribution in [0.2, 0.25) is 0 Å². The molecule has 1 amide bonds. The minimum Gasteiger partial charge on any atom is -0.368 e. The molecule has 4 nitrogen and oxygen atoms in total. The second kappa shape index (κ2) is 4.19. The predicted octanol–water partition coefficient (Wildman–Crippen LogP) is 0.572. The first-order chi connectivity index (χ1) is 9.21. The van der Waals surface area contributed by atoms with Crippen molar-refractivity contribution < 1.29 is 4.79 Å². The van der Waals surface area contributed by atoms with Gasteiger partial charge in [0.1, 0.15) is 5.54 Å². The molecule has 4 saturated carbocycles. The van der Waals surface area contributed by atoms with Gasteiger partial charge in [-0.25, -0.2) is 0 Å². The van der Waals surface area contributed by atoms with Crippen molar-refractivity contribution in [3.05, 3.63) is 0 Å². The van der Waals surface area contributed by atoms with Crippen LogP contribution in [0, 0.1) is 23.7 Å². The summed E-state index contributed by atoms with van der Waals surface area (Å²) in [5.41, 5.74) is 5.69. The van der Waals surface area contributed by atoms with Crippen LogP contribution in [0.3, 0.4) is 0 Å². The van der Waals surface area contributed by atoms with Gasteiger partial charge in [0.2, 0.25) is 5.91 Å². The molecule has 0 spiro atoms. The number of hydrogen-bond donors (Lipinski definition) is 2. The quantitative estimate of drug-likeness (QED) is 0.766. The Hall–Kier alpha value is -0.610. The van der Waals surface area contributed by atoms with Gasteiger partial charge in [-0.15, -0.1) is 0 Å². The number of primary amides is 1. The maximum absolute atomic E-state index is 12.5. The van der Waals surface area contributed by atoms with Gasteiger partial charge in [0.15, 0.2) is 0 Å². The molecule has 5 rings (SSSR count). The Bertz CT molecular complexity index is 355. The number of rotatable bonds is 2. The molecule has 0 aromatic rings. The minimum atomic E-state index is -0.296. The molecule has 0 unspecified atom stereocenters. The van der Waals surface area contributed by atoms with E-state index in [-0.39, 0.29) is 11.4 Å². The molecule has 5 aliphatic rings. The maximum atomic E-state index is 12.5. The largest absolute Gasteiger partial charge is 0.368 e. The number of nitrogens with two attached hydrogens (primary N) is 1. The molecule has 19 heavy (non-hydrogen) atoms. The fraction of sp³-hybridized carbons (Fsp3) is 0.933. The molecule has 4 heteroatoms. The normalized spacial score (nSPS) is 49.5. The zero-order valence-electron chi connectivity index (χ0n) is 11.6. The van der Waals surface area contributed by atoms with Crippen LogP contribution < -0.4 is 11.1 Å². The van der Waals surface area contributed by atoms with Gasteiger partial charge in [0.05, 0.1) is 0 Å². The summed E-state index contributed by atoms with van der Waals surface area (Å²) in [4.78, 5) is 14.9. The van der Waals surface area contributed by atoms with Gasteiger partial charge in [-0.1, -0.05) is 0 Å². The Morgan fingerprint density at radius 1 is 1.00 bits per heavy atom. The molecule has 0 radical (unpaired) electrons. The molecule has 4 bridgehead atoms. The lowest BCUT2D eigenvalue weighted by molar-refractivity contribution is -0.166. The second-order valence-electron chi connectivity index (χ2n) is 7.23. The first-order valence-corrected chi connectivity index (χ1v) is 7.97. The van der Waals surface area contributed by atoms with E-state index in [1.165, 1.54) is 32.1 Å². The van der Waals surface area contributed by atoms with E-state index in [4.69, 9.17) is 5.73 Å². The van der Waals surface area contributed by atoms with E-state index in [0.29, 0.717) is 11.8 Å². The molecule has 106 valence electrons. The molecule has 0 aromatic heterocycles. The second-order valence-corrected chi connectivity index (χ2v) is 7.23. The summed E-state index contributed by atoms with van der Waals surface area (Å²) < 4.78 is 0. The van der Waals surface area contributed by atoms with Crippen LogP contribution in [0.25, 0.3) is 0 Å². The van der Waals surface area contributed by atoms with Gasteiger partial charge < -0.3 is 11.1 Å². The first-order valence-electron chi connectivity index (χ1n) is 7.97. The van der Waals surface area contributed by atoms with Gasteiger partial charge >= 0.3 is 0 Å². The van der Waals surface area contributed by atoms with Crippen molar-refractivity contribution in [1.29, 1.82) is 0 Å². The number of piperazine rings is 1. The summed E-state index contributed by atoms with van der Waals surface area (Å²) in [7, 11) is 0. The Kier molecular flexibility index (Phi) is 2.68. The van der Waals surface area contributed by atoms with Crippen molar-refractivity contribution in [2.24, 2.45) is 29.4 Å². The molecular formula is C15H25N3O. The van der Waals surface area contributed by atoms with Crippen molar-refractivity contribution in [3.8, 4) is 0 Å². The van der Waals surface area contributed by atoms with Crippen molar-refractivity contribution >= 4 is 5.91 Å². The Morgan fingerprint density at radius 3 is 2.00 bits per heavy atom. The maximum Gasteiger partial charge on any atom is 0.238 e. The Morgan fingerprint density at radius 2 is 1.53 bits per heavy atom. The zero-order valence-corrected chi connectivity index (χ0v) is 11.6. The highest BCUT2D eigenvalue weighted by Gasteiger charge is 2.62. The fourth-order valence-electron chi connectivity index (χ4n) is 6.01. The number of carbonyl (C=O) groups is 1. The number of nitrogens with zero attached hydrogens (tertiary/aromatic N) is 1. The Balaban J connectivity index is 1.72. The third kappa shape index (κ3) is 1.56. The SMILES string of the molecule is NC(=O)C1(N2CCNCC2)C2CC3CC(C2)CC1C3. The van der Waals surface area contributed by atoms with Crippen molar-refractivity contribution in [3.63, 3.8) is 0 Å². The predicted molar refractivity (Wildman–Crippen MR) is 73.4 cm³/mol. The van der Waals surface area contributed by atoms with Crippen molar-refractivity contribution in [2.75, 3.05) is 26.2 Å². The molecule has 1 saturated heterocycles. The summed E-state index contributed by atoms with van der Waals surface area (Å²) in [5, 5.41) is 3.40. The number of amides is 1. The molecule has 1 heterocycles. The molecule has 1 aliphatic heterocycles. The van der Waals surface area contributed by atoms with Gasteiger partial charge in [-0.3, -0.25) is 9.69 Å². The lowest BCUT2D eigenvalue weighted by Gasteiger charge is -2.63. The van der Waals surface area contributed by atoms with Crippen LogP contribution in [0.15, 0.2) is 0 Å². The first kappa shape index (κ1) is 12.2. The van der Waals surface area contributed by atoms with Crippen molar-refractivity contribution in [1.82, 2.24) is 10.2 Å². The fourth-order valence-corrected chi connectivity index (χ4v) is 6.01. The summed E-state index contributed by atoms with van der Waals surface area (Å²) >= 11 is 0. The third-order valence-electron chi connectivity index (χ3n) is 6.42. The molecule has 4 aliphatic carbocycles. The van der Waals surface area contributed by atoms with E-state index in [1.54, 1.807) is 0 Å². The zero-order chi connectivity index (χ0) is 13.0. The molecule has 0 aromatic carbocycles. The number of hydrogen-bond acceptors (Lipinski definition) is 3. The van der Waals surface area contributed by atoms with Crippen LogP contribution in [0.4, 0.5) is 0 Å². The smallest absolute Gasteiger partial charge is 0.238 e. The standard InChI is InChI=1S/C15H25N3O/c16-14(19)15(18-3-1-17-2-4-18)12-6-10-5-11(8-12)9-13(15)7-10/h10-13,17H,1-9H2,(H2,16,19). The summed E-state index contributed by atoms with van der Waals surface area (Å²) in [6.07, 6.45) is 6.42. The number of carbonyl (C=O) groups excluding carboxylic acids is 1. The minimum absolute atomic E-state index is 0.0248. The van der Waals surface area contributed by atoms with Crippen LogP contribution in [-0.4, -0.2) is 42.5 Å². The van der Waals surface area contributed by atoms with Gasteiger partial charge in [-0.05, 0) is 55.8 Å². The lowest BCUT2D eigenvalue weighted by atomic mass is 9.47. The van der Waals surface area contributed by atoms with Gasteiger partial charge in [-0.2, -0.15) is 0 Å². The van der Waals surface area contributed by atoms with Crippen LogP contribution >= 0.6 is 0 Å². The average molecular weight is 263 g/mol. The van der Waals surface area contributed by atoms with E-state index < -0.39 is 0 Å². The van der Waals surface area contributed by atoms with Gasteiger partial charge in [0, 0.05) is 26.2 Å². The summed E-state index contributed by atoms with van der Waals surface area (Å²) in [6, 6.07) is 0. The van der Waals surface area contributed by atoms with Crippen molar-refractivity contribution in [2.45, 2.75) is 37.6 Å². The average Bonchev–Trinajstić information content (AvgIpc) is 2.39. The van der Waals surface area contributed by atoms with E-state index in [1.807, 2.05) is 0 Å². The molecule has 0 atom stereocenters. The van der Waals surface area contributed by atoms with E-state index in [0.717, 1.165) is 38.0 Å². The van der Waals surface area contributed by atoms with E-state index >= 15 is 0 Å². The summed E-state index contributed by atoms with van der Waals surface area (Å²) in [5.74, 6) is 2.83. The van der Waals surface area contributed by atoms with Gasteiger partial charge in [0.25, 0.3) is 0 Å². The molecular weight excluding hydrogens is 238 g/mol. The number of nitrogens with one attached hydrogen (secondary N) is 1. The van der Waals surface area contributed by atoms with E-state index in [2.05, 4.69) is 10.2 Å². The highest BCUT2D eigenvalue weighted by Crippen LogP contribution is 2.60. The highest BCUT2D eigenvalue weighted by molar-refractivity contribution is 5.86. The molecule has 3 N–H and O–H groups in total. The third-order valence-corrected chi connectivity index (χ3v) is 6.42. The van der Waals surface area contributed by atoms with E-state index in [9.17, 15) is 4.79 Å². The monoisotopic (exact) mass is 263 g/mol. The van der Waals surface area contributed by atoms with Crippen LogP contribution in [0.1, 0.15) is 32.1 Å². The summed E-state index contributed by atoms with van der Waals surface area (Å²) in [6.45, 7) is 3.99. The lowest BCUT2D eigenvalue weighted by Crippen LogP contribution is -2.73.